The minimum atomic E-state index is -0.573. The fourth-order valence-electron chi connectivity index (χ4n) is 4.08. The van der Waals surface area contributed by atoms with Gasteiger partial charge in [0.2, 0.25) is 5.91 Å². The second-order valence-electron chi connectivity index (χ2n) is 8.41. The summed E-state index contributed by atoms with van der Waals surface area (Å²) in [5.41, 5.74) is 2.25. The number of guanidine groups is 1. The van der Waals surface area contributed by atoms with E-state index in [4.69, 9.17) is 0 Å². The van der Waals surface area contributed by atoms with Crippen LogP contribution in [0.15, 0.2) is 47.5 Å². The number of nitrogens with one attached hydrogen (secondary N) is 3. The van der Waals surface area contributed by atoms with Crippen LogP contribution in [0.4, 0.5) is 20.2 Å². The zero-order valence-corrected chi connectivity index (χ0v) is 18.2. The lowest BCUT2D eigenvalue weighted by Crippen LogP contribution is -2.44. The summed E-state index contributed by atoms with van der Waals surface area (Å²) >= 11 is 0. The van der Waals surface area contributed by atoms with Crippen LogP contribution in [0.2, 0.25) is 0 Å². The van der Waals surface area contributed by atoms with Crippen molar-refractivity contribution in [2.45, 2.75) is 38.3 Å². The fourth-order valence-corrected chi connectivity index (χ4v) is 4.08. The molecular weight excluding hydrogens is 412 g/mol. The molecular formula is C24H29F2N5O. The number of hydrogen-bond donors (Lipinski definition) is 3. The number of rotatable bonds is 6. The molecule has 1 heterocycles. The molecule has 32 heavy (non-hydrogen) atoms. The van der Waals surface area contributed by atoms with Gasteiger partial charge in [0.1, 0.15) is 11.6 Å². The van der Waals surface area contributed by atoms with Crippen molar-refractivity contribution in [3.05, 3.63) is 59.7 Å². The van der Waals surface area contributed by atoms with Crippen LogP contribution in [-0.2, 0) is 11.3 Å². The van der Waals surface area contributed by atoms with Crippen LogP contribution in [0.1, 0.15) is 31.2 Å². The number of anilines is 2. The van der Waals surface area contributed by atoms with Gasteiger partial charge < -0.3 is 20.9 Å². The Hall–Kier alpha value is -3.16. The molecule has 1 saturated heterocycles. The maximum atomic E-state index is 14.1. The van der Waals surface area contributed by atoms with Gasteiger partial charge in [-0.25, -0.2) is 8.78 Å². The third kappa shape index (κ3) is 5.36. The normalized spacial score (nSPS) is 18.9. The van der Waals surface area contributed by atoms with Gasteiger partial charge in [0.15, 0.2) is 5.96 Å². The number of nitrogens with zero attached hydrogens (tertiary/aromatic N) is 2. The van der Waals surface area contributed by atoms with E-state index in [0.29, 0.717) is 31.3 Å². The van der Waals surface area contributed by atoms with Gasteiger partial charge in [-0.05, 0) is 49.1 Å². The van der Waals surface area contributed by atoms with Gasteiger partial charge in [0.05, 0.1) is 5.69 Å². The number of carbonyl (C=O) groups is 1. The monoisotopic (exact) mass is 441 g/mol. The number of aliphatic imine (C=N–C) groups is 1. The number of benzene rings is 2. The first-order valence-electron chi connectivity index (χ1n) is 11.1. The Bertz CT molecular complexity index is 992. The van der Waals surface area contributed by atoms with Gasteiger partial charge in [-0.15, -0.1) is 0 Å². The molecule has 3 N–H and O–H groups in total. The first-order valence-corrected chi connectivity index (χ1v) is 11.1. The quantitative estimate of drug-likeness (QED) is 0.473. The molecule has 1 aliphatic carbocycles. The van der Waals surface area contributed by atoms with Crippen molar-refractivity contribution >= 4 is 23.2 Å². The summed E-state index contributed by atoms with van der Waals surface area (Å²) in [7, 11) is 1.71. The molecule has 1 saturated carbocycles. The molecule has 0 spiro atoms. The molecule has 170 valence electrons. The molecule has 8 heteroatoms. The van der Waals surface area contributed by atoms with Crippen LogP contribution < -0.4 is 20.9 Å². The summed E-state index contributed by atoms with van der Waals surface area (Å²) in [5.74, 6) is -0.217. The third-order valence-corrected chi connectivity index (χ3v) is 6.13. The molecule has 2 aromatic carbocycles. The Balaban J connectivity index is 1.28. The molecule has 0 bridgehead atoms. The predicted octanol–water partition coefficient (Wildman–Crippen LogP) is 3.65. The van der Waals surface area contributed by atoms with Crippen LogP contribution in [0.25, 0.3) is 0 Å². The van der Waals surface area contributed by atoms with E-state index < -0.39 is 11.6 Å². The van der Waals surface area contributed by atoms with Crippen LogP contribution >= 0.6 is 0 Å². The lowest BCUT2D eigenvalue weighted by Gasteiger charge is -2.24. The Morgan fingerprint density at radius 2 is 2.00 bits per heavy atom. The number of halogens is 2. The van der Waals surface area contributed by atoms with Gasteiger partial charge in [0.25, 0.3) is 0 Å². The van der Waals surface area contributed by atoms with Crippen molar-refractivity contribution in [2.24, 2.45) is 10.9 Å². The van der Waals surface area contributed by atoms with E-state index in [0.717, 1.165) is 43.0 Å². The van der Waals surface area contributed by atoms with Gasteiger partial charge >= 0.3 is 0 Å². The second kappa shape index (κ2) is 9.97. The van der Waals surface area contributed by atoms with Gasteiger partial charge in [-0.2, -0.15) is 0 Å². The van der Waals surface area contributed by atoms with E-state index in [1.807, 2.05) is 29.2 Å². The largest absolute Gasteiger partial charge is 0.367 e. The first-order chi connectivity index (χ1) is 15.5. The van der Waals surface area contributed by atoms with E-state index >= 15 is 0 Å². The molecule has 2 aromatic rings. The Morgan fingerprint density at radius 3 is 2.72 bits per heavy atom. The van der Waals surface area contributed by atoms with Crippen molar-refractivity contribution in [1.29, 1.82) is 0 Å². The second-order valence-corrected chi connectivity index (χ2v) is 8.41. The van der Waals surface area contributed by atoms with Crippen molar-refractivity contribution in [2.75, 3.05) is 30.4 Å². The van der Waals surface area contributed by atoms with Crippen LogP contribution in [0, 0.1) is 17.6 Å². The van der Waals surface area contributed by atoms with Crippen LogP contribution in [0.5, 0.6) is 0 Å². The lowest BCUT2D eigenvalue weighted by atomic mass is 9.85. The minimum Gasteiger partial charge on any atom is -0.367 e. The number of amides is 1. The van der Waals surface area contributed by atoms with Crippen LogP contribution in [0.3, 0.4) is 0 Å². The van der Waals surface area contributed by atoms with E-state index in [1.54, 1.807) is 7.05 Å². The average Bonchev–Trinajstić information content (AvgIpc) is 3.18. The Labute approximate surface area is 187 Å². The van der Waals surface area contributed by atoms with E-state index in [9.17, 15) is 13.6 Å². The van der Waals surface area contributed by atoms with Gasteiger partial charge in [0, 0.05) is 50.4 Å². The highest BCUT2D eigenvalue weighted by Gasteiger charge is 2.26. The van der Waals surface area contributed by atoms with Crippen molar-refractivity contribution < 1.29 is 13.6 Å². The summed E-state index contributed by atoms with van der Waals surface area (Å²) in [6.45, 7) is 1.84. The Kier molecular flexibility index (Phi) is 6.87. The standard InChI is InChI=1S/C24H29F2N5O/c1-27-24(30-20-10-11-31(15-20)22-9-8-18(25)13-21(22)26)28-14-16-4-2-7-19(12-16)29-23(32)17-5-3-6-17/h2,4,7-9,12-13,17,20H,3,5-6,10-11,14-15H2,1H3,(H,29,32)(H2,27,28,30). The molecule has 4 rings (SSSR count). The summed E-state index contributed by atoms with van der Waals surface area (Å²) < 4.78 is 27.3. The molecule has 2 aliphatic rings. The van der Waals surface area contributed by atoms with Crippen molar-refractivity contribution in [3.63, 3.8) is 0 Å². The van der Waals surface area contributed by atoms with Crippen molar-refractivity contribution in [1.82, 2.24) is 10.6 Å². The zero-order valence-electron chi connectivity index (χ0n) is 18.2. The molecule has 6 nitrogen and oxygen atoms in total. The van der Waals surface area contributed by atoms with E-state index in [2.05, 4.69) is 20.9 Å². The van der Waals surface area contributed by atoms with Gasteiger partial charge in [-0.3, -0.25) is 9.79 Å². The Morgan fingerprint density at radius 1 is 1.16 bits per heavy atom. The van der Waals surface area contributed by atoms with Crippen LogP contribution in [-0.4, -0.2) is 38.0 Å². The first kappa shape index (κ1) is 22.0. The smallest absolute Gasteiger partial charge is 0.227 e. The molecule has 1 aliphatic heterocycles. The summed E-state index contributed by atoms with van der Waals surface area (Å²) in [5, 5.41) is 9.67. The molecule has 1 amide bonds. The fraction of sp³-hybridized carbons (Fsp3) is 0.417. The molecule has 2 fully saturated rings. The number of carbonyl (C=O) groups excluding carboxylic acids is 1. The highest BCUT2D eigenvalue weighted by molar-refractivity contribution is 5.93. The SMILES string of the molecule is CN=C(NCc1cccc(NC(=O)C2CCC2)c1)NC1CCN(c2ccc(F)cc2F)C1. The predicted molar refractivity (Wildman–Crippen MR) is 123 cm³/mol. The van der Waals surface area contributed by atoms with Crippen molar-refractivity contribution in [3.8, 4) is 0 Å². The molecule has 1 unspecified atom stereocenters. The maximum absolute atomic E-state index is 14.1. The topological polar surface area (TPSA) is 68.8 Å². The molecule has 0 radical (unpaired) electrons. The lowest BCUT2D eigenvalue weighted by molar-refractivity contribution is -0.122. The summed E-state index contributed by atoms with van der Waals surface area (Å²) in [4.78, 5) is 18.4. The zero-order chi connectivity index (χ0) is 22.5. The number of hydrogen-bond acceptors (Lipinski definition) is 3. The molecule has 1 atom stereocenters. The van der Waals surface area contributed by atoms with Gasteiger partial charge in [-0.1, -0.05) is 18.6 Å². The highest BCUT2D eigenvalue weighted by Crippen LogP contribution is 2.28. The average molecular weight is 442 g/mol. The highest BCUT2D eigenvalue weighted by atomic mass is 19.1. The van der Waals surface area contributed by atoms with E-state index in [1.165, 1.54) is 12.1 Å². The molecule has 0 aromatic heterocycles. The minimum absolute atomic E-state index is 0.0961. The summed E-state index contributed by atoms with van der Waals surface area (Å²) in [6, 6.07) is 11.6. The van der Waals surface area contributed by atoms with E-state index in [-0.39, 0.29) is 17.9 Å². The maximum Gasteiger partial charge on any atom is 0.227 e. The summed E-state index contributed by atoms with van der Waals surface area (Å²) in [6.07, 6.45) is 3.90. The third-order valence-electron chi connectivity index (χ3n) is 6.13.